The van der Waals surface area contributed by atoms with Gasteiger partial charge in [-0.3, -0.25) is 19.3 Å². The van der Waals surface area contributed by atoms with Gasteiger partial charge in [0, 0.05) is 18.6 Å². The van der Waals surface area contributed by atoms with Crippen LogP contribution in [0.4, 0.5) is 0 Å². The standard InChI is InChI=1S/C21H42O2.C10H13NO4/c1-3-20(2)18-16-14-12-10-8-6-4-5-7-9-11-13-15-17-19-21(22)23;1-2-3-4-7(10(14)15)11-8(12)5-6-9(11)13/h20H,3-19H2,1-2H3,(H,22,23);5-7H,2-4H2,1H3,(H,14,15). The number of carbonyl (C=O) groups is 4. The summed E-state index contributed by atoms with van der Waals surface area (Å²) < 4.78 is 0. The number of rotatable bonds is 23. The van der Waals surface area contributed by atoms with Gasteiger partial charge in [0.05, 0.1) is 0 Å². The van der Waals surface area contributed by atoms with E-state index in [4.69, 9.17) is 10.2 Å². The molecule has 2 amide bonds. The first-order chi connectivity index (χ1) is 18.2. The summed E-state index contributed by atoms with van der Waals surface area (Å²) >= 11 is 0. The summed E-state index contributed by atoms with van der Waals surface area (Å²) in [5.41, 5.74) is 0. The van der Waals surface area contributed by atoms with Crippen LogP contribution in [0.5, 0.6) is 0 Å². The molecule has 0 spiro atoms. The molecular formula is C31H55NO6. The molecule has 0 bridgehead atoms. The molecule has 0 aliphatic carbocycles. The van der Waals surface area contributed by atoms with Crippen LogP contribution in [-0.2, 0) is 19.2 Å². The lowest BCUT2D eigenvalue weighted by Gasteiger charge is -2.21. The molecule has 220 valence electrons. The quantitative estimate of drug-likeness (QED) is 0.101. The Morgan fingerprint density at radius 2 is 1.11 bits per heavy atom. The van der Waals surface area contributed by atoms with Crippen molar-refractivity contribution in [3.05, 3.63) is 12.2 Å². The van der Waals surface area contributed by atoms with Gasteiger partial charge in [0.1, 0.15) is 6.04 Å². The van der Waals surface area contributed by atoms with E-state index >= 15 is 0 Å². The first-order valence-corrected chi connectivity index (χ1v) is 15.2. The van der Waals surface area contributed by atoms with Crippen molar-refractivity contribution in [2.45, 2.75) is 155 Å². The third kappa shape index (κ3) is 19.0. The third-order valence-electron chi connectivity index (χ3n) is 7.31. The van der Waals surface area contributed by atoms with Crippen LogP contribution in [-0.4, -0.2) is 44.9 Å². The fourth-order valence-electron chi connectivity index (χ4n) is 4.57. The molecule has 2 N–H and O–H groups in total. The number of carbonyl (C=O) groups excluding carboxylic acids is 2. The highest BCUT2D eigenvalue weighted by Gasteiger charge is 2.35. The van der Waals surface area contributed by atoms with Gasteiger partial charge in [-0.25, -0.2) is 4.79 Å². The summed E-state index contributed by atoms with van der Waals surface area (Å²) in [7, 11) is 0. The average Bonchev–Trinajstić information content (AvgIpc) is 3.21. The van der Waals surface area contributed by atoms with Crippen LogP contribution in [0, 0.1) is 5.92 Å². The van der Waals surface area contributed by atoms with Gasteiger partial charge in [0.15, 0.2) is 0 Å². The van der Waals surface area contributed by atoms with Crippen molar-refractivity contribution < 1.29 is 29.4 Å². The molecule has 7 nitrogen and oxygen atoms in total. The van der Waals surface area contributed by atoms with E-state index < -0.39 is 29.8 Å². The molecule has 0 aromatic heterocycles. The van der Waals surface area contributed by atoms with Crippen LogP contribution in [0.15, 0.2) is 12.2 Å². The number of nitrogens with zero attached hydrogens (tertiary/aromatic N) is 1. The van der Waals surface area contributed by atoms with E-state index in [0.29, 0.717) is 19.3 Å². The Bertz CT molecular complexity index is 672. The lowest BCUT2D eigenvalue weighted by Crippen LogP contribution is -2.44. The highest BCUT2D eigenvalue weighted by molar-refractivity contribution is 6.14. The van der Waals surface area contributed by atoms with Crippen molar-refractivity contribution in [2.75, 3.05) is 0 Å². The number of amides is 2. The molecule has 1 rings (SSSR count). The zero-order valence-electron chi connectivity index (χ0n) is 24.4. The maximum absolute atomic E-state index is 11.2. The van der Waals surface area contributed by atoms with Gasteiger partial charge in [0.25, 0.3) is 11.8 Å². The van der Waals surface area contributed by atoms with Crippen LogP contribution < -0.4 is 0 Å². The molecule has 7 heteroatoms. The lowest BCUT2D eigenvalue weighted by molar-refractivity contribution is -0.153. The second-order valence-electron chi connectivity index (χ2n) is 10.8. The Hall–Kier alpha value is -2.18. The number of imide groups is 1. The molecule has 2 atom stereocenters. The highest BCUT2D eigenvalue weighted by atomic mass is 16.4. The maximum Gasteiger partial charge on any atom is 0.326 e. The second kappa shape index (κ2) is 23.9. The minimum atomic E-state index is -1.13. The predicted molar refractivity (Wildman–Crippen MR) is 153 cm³/mol. The van der Waals surface area contributed by atoms with Crippen molar-refractivity contribution in [3.8, 4) is 0 Å². The molecule has 2 unspecified atom stereocenters. The maximum atomic E-state index is 11.2. The molecule has 0 aromatic carbocycles. The first-order valence-electron chi connectivity index (χ1n) is 15.2. The number of hydrogen-bond acceptors (Lipinski definition) is 4. The summed E-state index contributed by atoms with van der Waals surface area (Å²) in [5.74, 6) is -1.94. The van der Waals surface area contributed by atoms with Crippen molar-refractivity contribution in [1.29, 1.82) is 0 Å². The van der Waals surface area contributed by atoms with Crippen LogP contribution in [0.2, 0.25) is 0 Å². The Labute approximate surface area is 231 Å². The molecule has 0 radical (unpaired) electrons. The fourth-order valence-corrected chi connectivity index (χ4v) is 4.57. The van der Waals surface area contributed by atoms with E-state index in [1.54, 1.807) is 0 Å². The van der Waals surface area contributed by atoms with E-state index in [9.17, 15) is 19.2 Å². The van der Waals surface area contributed by atoms with E-state index in [2.05, 4.69) is 13.8 Å². The van der Waals surface area contributed by atoms with Gasteiger partial charge in [-0.05, 0) is 18.8 Å². The molecular weight excluding hydrogens is 482 g/mol. The number of carboxylic acids is 2. The number of aliphatic carboxylic acids is 2. The van der Waals surface area contributed by atoms with Crippen molar-refractivity contribution in [3.63, 3.8) is 0 Å². The van der Waals surface area contributed by atoms with E-state index in [-0.39, 0.29) is 0 Å². The molecule has 0 fully saturated rings. The molecule has 38 heavy (non-hydrogen) atoms. The topological polar surface area (TPSA) is 112 Å². The van der Waals surface area contributed by atoms with Crippen molar-refractivity contribution >= 4 is 23.8 Å². The predicted octanol–water partition coefficient (Wildman–Crippen LogP) is 7.91. The Balaban J connectivity index is 0.000000784. The van der Waals surface area contributed by atoms with Crippen LogP contribution in [0.25, 0.3) is 0 Å². The van der Waals surface area contributed by atoms with Gasteiger partial charge < -0.3 is 10.2 Å². The minimum absolute atomic E-state index is 0.311. The first kappa shape index (κ1) is 35.8. The normalized spacial score (nSPS) is 14.3. The highest BCUT2D eigenvalue weighted by Crippen LogP contribution is 2.17. The zero-order chi connectivity index (χ0) is 28.6. The largest absolute Gasteiger partial charge is 0.481 e. The minimum Gasteiger partial charge on any atom is -0.481 e. The van der Waals surface area contributed by atoms with Gasteiger partial charge in [0.2, 0.25) is 0 Å². The second-order valence-corrected chi connectivity index (χ2v) is 10.8. The van der Waals surface area contributed by atoms with Crippen LogP contribution >= 0.6 is 0 Å². The molecule has 0 saturated carbocycles. The van der Waals surface area contributed by atoms with E-state index in [1.807, 2.05) is 6.92 Å². The third-order valence-corrected chi connectivity index (χ3v) is 7.31. The van der Waals surface area contributed by atoms with Crippen LogP contribution in [0.1, 0.15) is 149 Å². The summed E-state index contributed by atoms with van der Waals surface area (Å²) in [6.07, 6.45) is 25.7. The fraction of sp³-hybridized carbons (Fsp3) is 0.806. The monoisotopic (exact) mass is 537 g/mol. The lowest BCUT2D eigenvalue weighted by atomic mass is 9.99. The summed E-state index contributed by atoms with van der Waals surface area (Å²) in [6.45, 7) is 6.59. The van der Waals surface area contributed by atoms with Gasteiger partial charge >= 0.3 is 11.9 Å². The molecule has 1 heterocycles. The summed E-state index contributed by atoms with van der Waals surface area (Å²) in [4.78, 5) is 44.6. The number of unbranched alkanes of at least 4 members (excludes halogenated alkanes) is 14. The zero-order valence-corrected chi connectivity index (χ0v) is 24.4. The van der Waals surface area contributed by atoms with E-state index in [0.717, 1.165) is 42.2 Å². The van der Waals surface area contributed by atoms with Crippen LogP contribution in [0.3, 0.4) is 0 Å². The van der Waals surface area contributed by atoms with Gasteiger partial charge in [-0.2, -0.15) is 0 Å². The number of carboxylic acid groups (broad SMARTS) is 2. The van der Waals surface area contributed by atoms with Gasteiger partial charge in [-0.1, -0.05) is 130 Å². The summed E-state index contributed by atoms with van der Waals surface area (Å²) in [5, 5.41) is 17.5. The number of hydrogen-bond donors (Lipinski definition) is 2. The summed E-state index contributed by atoms with van der Waals surface area (Å²) in [6, 6.07) is -1.03. The van der Waals surface area contributed by atoms with E-state index in [1.165, 1.54) is 89.9 Å². The molecule has 0 saturated heterocycles. The Kier molecular flexibility index (Phi) is 22.5. The smallest absolute Gasteiger partial charge is 0.326 e. The van der Waals surface area contributed by atoms with Crippen molar-refractivity contribution in [1.82, 2.24) is 4.90 Å². The molecule has 1 aliphatic heterocycles. The molecule has 0 aromatic rings. The Morgan fingerprint density at radius 1 is 0.684 bits per heavy atom. The SMILES string of the molecule is CCC(C)CCCCCCCCCCCCCCCCC(=O)O.CCCCC(C(=O)O)N1C(=O)C=CC1=O. The van der Waals surface area contributed by atoms with Crippen molar-refractivity contribution in [2.24, 2.45) is 5.92 Å². The van der Waals surface area contributed by atoms with Gasteiger partial charge in [-0.15, -0.1) is 0 Å². The molecule has 1 aliphatic rings. The Morgan fingerprint density at radius 3 is 1.47 bits per heavy atom. The average molecular weight is 538 g/mol.